The second kappa shape index (κ2) is 6.50. The number of carboxylic acid groups (broad SMARTS) is 1. The topological polar surface area (TPSA) is 68.0 Å². The average Bonchev–Trinajstić information content (AvgIpc) is 2.86. The molecule has 1 aromatic heterocycles. The lowest BCUT2D eigenvalue weighted by Gasteiger charge is -2.16. The summed E-state index contributed by atoms with van der Waals surface area (Å²) in [5.74, 6) is -0.933. The summed E-state index contributed by atoms with van der Waals surface area (Å²) in [5.41, 5.74) is 1.83. The van der Waals surface area contributed by atoms with Gasteiger partial charge in [-0.2, -0.15) is 0 Å². The number of rotatable bonds is 7. The van der Waals surface area contributed by atoms with Gasteiger partial charge in [-0.3, -0.25) is 0 Å². The number of hydrogen-bond acceptors (Lipinski definition) is 3. The molecule has 0 bridgehead atoms. The molecule has 1 aromatic carbocycles. The van der Waals surface area contributed by atoms with E-state index in [9.17, 15) is 4.79 Å². The summed E-state index contributed by atoms with van der Waals surface area (Å²) in [6.45, 7) is 4.35. The molecule has 5 heteroatoms. The Morgan fingerprint density at radius 3 is 2.75 bits per heavy atom. The van der Waals surface area contributed by atoms with Crippen LogP contribution in [0.15, 0.2) is 18.2 Å². The Morgan fingerprint density at radius 2 is 2.10 bits per heavy atom. The maximum atomic E-state index is 11.0. The zero-order valence-electron chi connectivity index (χ0n) is 12.0. The molecule has 1 unspecified atom stereocenters. The van der Waals surface area contributed by atoms with E-state index in [1.807, 2.05) is 10.7 Å². The van der Waals surface area contributed by atoms with Crippen LogP contribution in [0.5, 0.6) is 0 Å². The number of aromatic nitrogens is 3. The van der Waals surface area contributed by atoms with Crippen LogP contribution in [0.2, 0.25) is 0 Å². The Balaban J connectivity index is 2.35. The van der Waals surface area contributed by atoms with Gasteiger partial charge >= 0.3 is 5.97 Å². The first-order valence-electron chi connectivity index (χ1n) is 7.25. The molecule has 0 spiro atoms. The van der Waals surface area contributed by atoms with Gasteiger partial charge in [0, 0.05) is 0 Å². The minimum atomic E-state index is -0.933. The molecule has 2 rings (SSSR count). The van der Waals surface area contributed by atoms with Gasteiger partial charge in [-0.15, -0.1) is 5.10 Å². The highest BCUT2D eigenvalue weighted by Gasteiger charge is 2.15. The lowest BCUT2D eigenvalue weighted by molar-refractivity contribution is 0.0697. The predicted octanol–water partition coefficient (Wildman–Crippen LogP) is 3.66. The Hall–Kier alpha value is -1.91. The van der Waals surface area contributed by atoms with Gasteiger partial charge in [-0.05, 0) is 31.0 Å². The standard InChI is InChI=1S/C15H21N3O2/c1-3-5-7-12(6-4-2)18-14-9-8-11(15(19)20)10-13(14)16-17-18/h8-10,12H,3-7H2,1-2H3,(H,19,20). The maximum absolute atomic E-state index is 11.0. The zero-order valence-corrected chi connectivity index (χ0v) is 12.0. The first kappa shape index (κ1) is 14.5. The lowest BCUT2D eigenvalue weighted by Crippen LogP contribution is -2.11. The number of carbonyl (C=O) groups is 1. The summed E-state index contributed by atoms with van der Waals surface area (Å²) in [6.07, 6.45) is 5.58. The van der Waals surface area contributed by atoms with E-state index in [2.05, 4.69) is 24.2 Å². The number of nitrogens with zero attached hydrogens (tertiary/aromatic N) is 3. The molecular formula is C15H21N3O2. The fourth-order valence-electron chi connectivity index (χ4n) is 2.51. The number of benzene rings is 1. The monoisotopic (exact) mass is 275 g/mol. The molecule has 20 heavy (non-hydrogen) atoms. The van der Waals surface area contributed by atoms with Crippen molar-refractivity contribution in [3.8, 4) is 0 Å². The van der Waals surface area contributed by atoms with E-state index >= 15 is 0 Å². The second-order valence-electron chi connectivity index (χ2n) is 5.13. The Bertz CT molecular complexity index is 592. The molecule has 0 saturated heterocycles. The first-order chi connectivity index (χ1) is 9.67. The number of hydrogen-bond donors (Lipinski definition) is 1. The number of unbranched alkanes of at least 4 members (excludes halogenated alkanes) is 1. The molecule has 0 radical (unpaired) electrons. The largest absolute Gasteiger partial charge is 0.478 e. The highest BCUT2D eigenvalue weighted by Crippen LogP contribution is 2.24. The molecular weight excluding hydrogens is 254 g/mol. The van der Waals surface area contributed by atoms with Crippen molar-refractivity contribution in [3.05, 3.63) is 23.8 Å². The van der Waals surface area contributed by atoms with E-state index in [1.54, 1.807) is 12.1 Å². The van der Waals surface area contributed by atoms with Crippen LogP contribution in [0.25, 0.3) is 11.0 Å². The summed E-state index contributed by atoms with van der Waals surface area (Å²) in [7, 11) is 0. The molecule has 0 aliphatic rings. The molecule has 1 heterocycles. The smallest absolute Gasteiger partial charge is 0.335 e. The predicted molar refractivity (Wildman–Crippen MR) is 78.0 cm³/mol. The minimum Gasteiger partial charge on any atom is -0.478 e. The molecule has 1 N–H and O–H groups in total. The van der Waals surface area contributed by atoms with Gasteiger partial charge < -0.3 is 5.11 Å². The van der Waals surface area contributed by atoms with Gasteiger partial charge in [-0.25, -0.2) is 9.48 Å². The van der Waals surface area contributed by atoms with Gasteiger partial charge in [0.25, 0.3) is 0 Å². The summed E-state index contributed by atoms with van der Waals surface area (Å²) < 4.78 is 1.96. The average molecular weight is 275 g/mol. The highest BCUT2D eigenvalue weighted by atomic mass is 16.4. The van der Waals surface area contributed by atoms with Crippen molar-refractivity contribution >= 4 is 17.0 Å². The van der Waals surface area contributed by atoms with Crippen molar-refractivity contribution < 1.29 is 9.90 Å². The van der Waals surface area contributed by atoms with E-state index in [0.29, 0.717) is 11.6 Å². The normalized spacial score (nSPS) is 12.7. The van der Waals surface area contributed by atoms with Crippen LogP contribution in [-0.2, 0) is 0 Å². The Kier molecular flexibility index (Phi) is 4.71. The molecule has 0 saturated carbocycles. The molecule has 0 aliphatic heterocycles. The van der Waals surface area contributed by atoms with E-state index in [-0.39, 0.29) is 5.56 Å². The summed E-state index contributed by atoms with van der Waals surface area (Å²) in [6, 6.07) is 5.37. The van der Waals surface area contributed by atoms with Gasteiger partial charge in [0.2, 0.25) is 0 Å². The fraction of sp³-hybridized carbons (Fsp3) is 0.533. The van der Waals surface area contributed by atoms with Crippen molar-refractivity contribution in [1.29, 1.82) is 0 Å². The molecule has 2 aromatic rings. The Morgan fingerprint density at radius 1 is 1.30 bits per heavy atom. The second-order valence-corrected chi connectivity index (χ2v) is 5.13. The number of carboxylic acids is 1. The number of fused-ring (bicyclic) bond motifs is 1. The first-order valence-corrected chi connectivity index (χ1v) is 7.25. The highest BCUT2D eigenvalue weighted by molar-refractivity contribution is 5.92. The molecule has 1 atom stereocenters. The van der Waals surface area contributed by atoms with Crippen molar-refractivity contribution in [2.45, 2.75) is 52.0 Å². The quantitative estimate of drug-likeness (QED) is 0.837. The molecule has 5 nitrogen and oxygen atoms in total. The lowest BCUT2D eigenvalue weighted by atomic mass is 10.0. The summed E-state index contributed by atoms with van der Waals surface area (Å²) >= 11 is 0. The van der Waals surface area contributed by atoms with Crippen LogP contribution in [0, 0.1) is 0 Å². The maximum Gasteiger partial charge on any atom is 0.335 e. The summed E-state index contributed by atoms with van der Waals surface area (Å²) in [4.78, 5) is 11.0. The molecule has 0 fully saturated rings. The van der Waals surface area contributed by atoms with Gasteiger partial charge in [0.15, 0.2) is 0 Å². The van der Waals surface area contributed by atoms with Gasteiger partial charge in [0.1, 0.15) is 5.52 Å². The summed E-state index contributed by atoms with van der Waals surface area (Å²) in [5, 5.41) is 17.4. The Labute approximate surface area is 118 Å². The van der Waals surface area contributed by atoms with Crippen LogP contribution in [0.1, 0.15) is 62.4 Å². The van der Waals surface area contributed by atoms with Crippen molar-refractivity contribution in [2.24, 2.45) is 0 Å². The molecule has 0 amide bonds. The van der Waals surface area contributed by atoms with E-state index < -0.39 is 5.97 Å². The third-order valence-electron chi connectivity index (χ3n) is 3.58. The van der Waals surface area contributed by atoms with Crippen LogP contribution in [0.4, 0.5) is 0 Å². The van der Waals surface area contributed by atoms with Crippen LogP contribution >= 0.6 is 0 Å². The van der Waals surface area contributed by atoms with Crippen molar-refractivity contribution in [2.75, 3.05) is 0 Å². The van der Waals surface area contributed by atoms with Crippen LogP contribution in [-0.4, -0.2) is 26.1 Å². The third kappa shape index (κ3) is 2.98. The molecule has 0 aliphatic carbocycles. The van der Waals surface area contributed by atoms with Gasteiger partial charge in [0.05, 0.1) is 17.1 Å². The van der Waals surface area contributed by atoms with Crippen molar-refractivity contribution in [1.82, 2.24) is 15.0 Å². The van der Waals surface area contributed by atoms with E-state index in [4.69, 9.17) is 5.11 Å². The van der Waals surface area contributed by atoms with Crippen LogP contribution < -0.4 is 0 Å². The van der Waals surface area contributed by atoms with Crippen molar-refractivity contribution in [3.63, 3.8) is 0 Å². The fourth-order valence-corrected chi connectivity index (χ4v) is 2.51. The number of aromatic carboxylic acids is 1. The van der Waals surface area contributed by atoms with E-state index in [0.717, 1.165) is 31.2 Å². The third-order valence-corrected chi connectivity index (χ3v) is 3.58. The SMILES string of the molecule is CCCCC(CCC)n1nnc2cc(C(=O)O)ccc21. The minimum absolute atomic E-state index is 0.255. The molecule has 108 valence electrons. The zero-order chi connectivity index (χ0) is 14.5. The van der Waals surface area contributed by atoms with Gasteiger partial charge in [-0.1, -0.05) is 38.3 Å². The van der Waals surface area contributed by atoms with Crippen LogP contribution in [0.3, 0.4) is 0 Å². The van der Waals surface area contributed by atoms with E-state index in [1.165, 1.54) is 6.42 Å².